The highest BCUT2D eigenvalue weighted by Crippen LogP contribution is 2.52. The van der Waals surface area contributed by atoms with Crippen LogP contribution >= 0.6 is 0 Å². The second-order valence-electron chi connectivity index (χ2n) is 9.31. The topological polar surface area (TPSA) is 86.7 Å². The number of aldehydes is 1. The molecule has 2 aromatic carbocycles. The fraction of sp³-hybridized carbons (Fsp3) is 0.370. The lowest BCUT2D eigenvalue weighted by Crippen LogP contribution is -2.49. The second kappa shape index (κ2) is 8.85. The molecule has 2 saturated carbocycles. The minimum Gasteiger partial charge on any atom is -0.478 e. The van der Waals surface area contributed by atoms with Gasteiger partial charge >= 0.3 is 5.97 Å². The Bertz CT molecular complexity index is 1110. The van der Waals surface area contributed by atoms with Crippen molar-refractivity contribution in [2.75, 3.05) is 11.4 Å². The van der Waals surface area contributed by atoms with Crippen LogP contribution in [0.2, 0.25) is 0 Å². The first kappa shape index (κ1) is 21.4. The van der Waals surface area contributed by atoms with Crippen molar-refractivity contribution in [1.82, 2.24) is 5.32 Å². The molecule has 5 rings (SSSR count). The average molecular weight is 445 g/mol. The Balaban J connectivity index is 1.63. The second-order valence-corrected chi connectivity index (χ2v) is 9.31. The first-order valence-electron chi connectivity index (χ1n) is 11.7. The van der Waals surface area contributed by atoms with Gasteiger partial charge in [0.15, 0.2) is 6.29 Å². The van der Waals surface area contributed by atoms with Crippen molar-refractivity contribution in [3.05, 3.63) is 77.0 Å². The summed E-state index contributed by atoms with van der Waals surface area (Å²) in [5, 5.41) is 13.4. The maximum absolute atomic E-state index is 13.6. The Kier molecular flexibility index (Phi) is 5.75. The fourth-order valence-electron chi connectivity index (χ4n) is 5.60. The number of anilines is 1. The highest BCUT2D eigenvalue weighted by Gasteiger charge is 2.48. The van der Waals surface area contributed by atoms with Crippen LogP contribution in [0.1, 0.15) is 53.9 Å². The van der Waals surface area contributed by atoms with E-state index in [1.165, 1.54) is 0 Å². The normalized spacial score (nSPS) is 24.4. The molecule has 3 aliphatic rings. The van der Waals surface area contributed by atoms with Gasteiger partial charge in [0, 0.05) is 29.8 Å². The molecule has 0 radical (unpaired) electrons. The number of hydrogen-bond acceptors (Lipinski definition) is 4. The molecule has 0 bridgehead atoms. The van der Waals surface area contributed by atoms with Gasteiger partial charge in [0.25, 0.3) is 5.91 Å². The third-order valence-electron chi connectivity index (χ3n) is 7.29. The fourth-order valence-corrected chi connectivity index (χ4v) is 5.60. The smallest absolute Gasteiger partial charge is 0.334 e. The minimum atomic E-state index is -1.08. The Labute approximate surface area is 193 Å². The zero-order chi connectivity index (χ0) is 22.9. The summed E-state index contributed by atoms with van der Waals surface area (Å²) in [5.41, 5.74) is 2.45. The number of nitrogens with zero attached hydrogens (tertiary/aromatic N) is 1. The predicted molar refractivity (Wildman–Crippen MR) is 125 cm³/mol. The van der Waals surface area contributed by atoms with Gasteiger partial charge in [-0.3, -0.25) is 9.59 Å². The molecule has 1 amide bonds. The Morgan fingerprint density at radius 3 is 2.42 bits per heavy atom. The highest BCUT2D eigenvalue weighted by atomic mass is 16.4. The lowest BCUT2D eigenvalue weighted by atomic mass is 9.73. The van der Waals surface area contributed by atoms with Crippen molar-refractivity contribution in [2.24, 2.45) is 11.8 Å². The molecular weight excluding hydrogens is 416 g/mol. The van der Waals surface area contributed by atoms with Gasteiger partial charge in [-0.2, -0.15) is 0 Å². The molecule has 2 fully saturated rings. The molecule has 0 spiro atoms. The summed E-state index contributed by atoms with van der Waals surface area (Å²) in [6.07, 6.45) is 5.40. The summed E-state index contributed by atoms with van der Waals surface area (Å²) in [6, 6.07) is 16.7. The Hall–Kier alpha value is -3.41. The van der Waals surface area contributed by atoms with Crippen LogP contribution < -0.4 is 10.2 Å². The van der Waals surface area contributed by atoms with Gasteiger partial charge < -0.3 is 15.3 Å². The summed E-state index contributed by atoms with van der Waals surface area (Å²) in [5.74, 6) is -1.14. The van der Waals surface area contributed by atoms with E-state index in [9.17, 15) is 19.5 Å². The van der Waals surface area contributed by atoms with E-state index in [0.717, 1.165) is 43.4 Å². The van der Waals surface area contributed by atoms with Crippen molar-refractivity contribution in [3.63, 3.8) is 0 Å². The monoisotopic (exact) mass is 444 g/mol. The molecule has 1 aliphatic heterocycles. The van der Waals surface area contributed by atoms with E-state index in [2.05, 4.69) is 5.32 Å². The zero-order valence-corrected chi connectivity index (χ0v) is 18.4. The molecule has 2 N–H and O–H groups in total. The van der Waals surface area contributed by atoms with E-state index in [1.54, 1.807) is 0 Å². The summed E-state index contributed by atoms with van der Waals surface area (Å²) in [4.78, 5) is 40.1. The molecule has 33 heavy (non-hydrogen) atoms. The van der Waals surface area contributed by atoms with Gasteiger partial charge in [-0.25, -0.2) is 4.79 Å². The van der Waals surface area contributed by atoms with E-state index in [1.807, 2.05) is 59.5 Å². The van der Waals surface area contributed by atoms with Crippen LogP contribution in [0.4, 0.5) is 5.69 Å². The molecule has 6 nitrogen and oxygen atoms in total. The van der Waals surface area contributed by atoms with E-state index >= 15 is 0 Å². The number of carbonyl (C=O) groups excluding carboxylic acids is 2. The van der Waals surface area contributed by atoms with Crippen molar-refractivity contribution in [3.8, 4) is 0 Å². The van der Waals surface area contributed by atoms with Crippen LogP contribution in [0.3, 0.4) is 0 Å². The third-order valence-corrected chi connectivity index (χ3v) is 7.29. The minimum absolute atomic E-state index is 0.0589. The molecule has 6 heteroatoms. The molecule has 0 saturated heterocycles. The van der Waals surface area contributed by atoms with Crippen molar-refractivity contribution < 1.29 is 19.5 Å². The highest BCUT2D eigenvalue weighted by molar-refractivity contribution is 6.08. The predicted octanol–water partition coefficient (Wildman–Crippen LogP) is 4.14. The number of hydrogen-bond donors (Lipinski definition) is 2. The lowest BCUT2D eigenvalue weighted by molar-refractivity contribution is -0.133. The van der Waals surface area contributed by atoms with Gasteiger partial charge in [-0.1, -0.05) is 42.8 Å². The van der Waals surface area contributed by atoms with Crippen molar-refractivity contribution >= 4 is 23.9 Å². The van der Waals surface area contributed by atoms with Gasteiger partial charge in [0.1, 0.15) is 0 Å². The molecule has 170 valence electrons. The number of amides is 1. The lowest BCUT2D eigenvalue weighted by Gasteiger charge is -2.44. The van der Waals surface area contributed by atoms with Crippen LogP contribution in [0.15, 0.2) is 65.9 Å². The number of allylic oxidation sites excluding steroid dienone is 1. The van der Waals surface area contributed by atoms with Crippen LogP contribution in [0.5, 0.6) is 0 Å². The number of fused-ring (bicyclic) bond motifs is 2. The SMILES string of the molecule is O=C/C(NCC1CC1)=C(\C(=O)O)C1c2ccccc2N(C(=O)c2ccccc2)C2CCCC12. The van der Waals surface area contributed by atoms with Gasteiger partial charge in [-0.05, 0) is 61.3 Å². The van der Waals surface area contributed by atoms with Crippen LogP contribution in [0.25, 0.3) is 0 Å². The van der Waals surface area contributed by atoms with E-state index in [-0.39, 0.29) is 29.1 Å². The summed E-state index contributed by atoms with van der Waals surface area (Å²) in [7, 11) is 0. The quantitative estimate of drug-likeness (QED) is 0.495. The molecule has 2 aliphatic carbocycles. The first-order chi connectivity index (χ1) is 16.1. The van der Waals surface area contributed by atoms with Crippen molar-refractivity contribution in [1.29, 1.82) is 0 Å². The van der Waals surface area contributed by atoms with Gasteiger partial charge in [-0.15, -0.1) is 0 Å². The molecule has 0 aromatic heterocycles. The first-order valence-corrected chi connectivity index (χ1v) is 11.7. The van der Waals surface area contributed by atoms with Crippen LogP contribution in [-0.2, 0) is 9.59 Å². The Morgan fingerprint density at radius 2 is 1.73 bits per heavy atom. The maximum Gasteiger partial charge on any atom is 0.334 e. The molecule has 3 atom stereocenters. The van der Waals surface area contributed by atoms with Crippen LogP contribution in [-0.4, -0.2) is 35.9 Å². The largest absolute Gasteiger partial charge is 0.478 e. The number of carbonyl (C=O) groups is 3. The third kappa shape index (κ3) is 3.94. The number of aliphatic carboxylic acids is 1. The van der Waals surface area contributed by atoms with E-state index < -0.39 is 11.9 Å². The van der Waals surface area contributed by atoms with E-state index in [0.29, 0.717) is 24.3 Å². The number of nitrogens with one attached hydrogen (secondary N) is 1. The zero-order valence-electron chi connectivity index (χ0n) is 18.4. The number of benzene rings is 2. The Morgan fingerprint density at radius 1 is 1.00 bits per heavy atom. The van der Waals surface area contributed by atoms with Crippen molar-refractivity contribution in [2.45, 2.75) is 44.1 Å². The van der Waals surface area contributed by atoms with Gasteiger partial charge in [0.2, 0.25) is 0 Å². The number of para-hydroxylation sites is 1. The van der Waals surface area contributed by atoms with E-state index in [4.69, 9.17) is 0 Å². The standard InChI is InChI=1S/C27H28N2O4/c30-16-21(28-15-17-13-14-17)25(27(32)33)24-19-9-4-5-11-22(19)29(23-12-6-10-20(23)24)26(31)18-7-2-1-3-8-18/h1-5,7-9,11,16-17,20,23-24,28H,6,10,12-15H2,(H,32,33)/b25-21+. The average Bonchev–Trinajstić information content (AvgIpc) is 3.55. The summed E-state index contributed by atoms with van der Waals surface area (Å²) in [6.45, 7) is 0.617. The molecular formula is C27H28N2O4. The molecule has 3 unspecified atom stereocenters. The number of rotatable bonds is 7. The van der Waals surface area contributed by atoms with Gasteiger partial charge in [0.05, 0.1) is 11.3 Å². The molecule has 2 aromatic rings. The maximum atomic E-state index is 13.6. The summed E-state index contributed by atoms with van der Waals surface area (Å²) < 4.78 is 0. The number of carboxylic acids is 1. The summed E-state index contributed by atoms with van der Waals surface area (Å²) >= 11 is 0. The number of carboxylic acid groups (broad SMARTS) is 1. The molecule has 1 heterocycles. The van der Waals surface area contributed by atoms with Crippen LogP contribution in [0, 0.1) is 11.8 Å².